The van der Waals surface area contributed by atoms with E-state index in [1.807, 2.05) is 25.7 Å². The smallest absolute Gasteiger partial charge is 0.410 e. The van der Waals surface area contributed by atoms with Gasteiger partial charge in [-0.15, -0.1) is 12.8 Å². The third-order valence-electron chi connectivity index (χ3n) is 4.14. The number of amides is 1. The molecule has 0 aromatic rings. The summed E-state index contributed by atoms with van der Waals surface area (Å²) in [5.41, 5.74) is 0.193. The second-order valence-corrected chi connectivity index (χ2v) is 8.41. The van der Waals surface area contributed by atoms with Gasteiger partial charge in [-0.3, -0.25) is 5.14 Å². The van der Waals surface area contributed by atoms with E-state index in [0.29, 0.717) is 5.41 Å². The number of thiol groups is 1. The number of piperidine rings is 1. The number of nitrogens with zero attached hydrogens (tertiary/aromatic N) is 1. The Morgan fingerprint density at radius 1 is 1.04 bits per heavy atom. The number of hydrogen-bond acceptors (Lipinski definition) is 4. The highest BCUT2D eigenvalue weighted by atomic mass is 32.1. The Balaban J connectivity index is 0.000000705. The van der Waals surface area contributed by atoms with Gasteiger partial charge in [0.1, 0.15) is 5.60 Å². The van der Waals surface area contributed by atoms with Crippen molar-refractivity contribution in [2.45, 2.75) is 85.7 Å². The lowest BCUT2D eigenvalue weighted by molar-refractivity contribution is 0.0107. The van der Waals surface area contributed by atoms with E-state index in [-0.39, 0.29) is 11.7 Å². The molecule has 0 radical (unpaired) electrons. The second-order valence-electron chi connectivity index (χ2n) is 8.41. The summed E-state index contributed by atoms with van der Waals surface area (Å²) >= 11 is 3.03. The number of nitrogens with two attached hydrogens (primary N) is 1. The van der Waals surface area contributed by atoms with Crippen molar-refractivity contribution >= 4 is 18.9 Å². The van der Waals surface area contributed by atoms with Crippen molar-refractivity contribution in [3.8, 4) is 0 Å². The van der Waals surface area contributed by atoms with Gasteiger partial charge >= 0.3 is 6.09 Å². The van der Waals surface area contributed by atoms with Crippen LogP contribution in [0.4, 0.5) is 4.79 Å². The molecule has 23 heavy (non-hydrogen) atoms. The van der Waals surface area contributed by atoms with Crippen molar-refractivity contribution in [2.24, 2.45) is 16.5 Å². The molecule has 1 heterocycles. The van der Waals surface area contributed by atoms with E-state index in [0.717, 1.165) is 19.0 Å². The molecule has 0 aromatic carbocycles. The lowest BCUT2D eigenvalue weighted by Crippen LogP contribution is -2.44. The van der Waals surface area contributed by atoms with Gasteiger partial charge in [0.15, 0.2) is 0 Å². The third kappa shape index (κ3) is 9.46. The molecule has 0 unspecified atom stereocenters. The maximum absolute atomic E-state index is 11.9. The molecular weight excluding hydrogens is 308 g/mol. The highest BCUT2D eigenvalue weighted by Crippen LogP contribution is 2.46. The zero-order valence-corrected chi connectivity index (χ0v) is 16.9. The third-order valence-corrected chi connectivity index (χ3v) is 4.14. The van der Waals surface area contributed by atoms with Crippen LogP contribution < -0.4 is 5.14 Å². The molecule has 5 heteroatoms. The zero-order chi connectivity index (χ0) is 18.1. The van der Waals surface area contributed by atoms with Crippen molar-refractivity contribution in [3.05, 3.63) is 0 Å². The van der Waals surface area contributed by atoms with Crippen LogP contribution in [0, 0.1) is 11.3 Å². The van der Waals surface area contributed by atoms with Gasteiger partial charge in [-0.25, -0.2) is 4.79 Å². The Kier molecular flexibility index (Phi) is 10.3. The average Bonchev–Trinajstić information content (AvgIpc) is 2.87. The predicted molar refractivity (Wildman–Crippen MR) is 102 cm³/mol. The van der Waals surface area contributed by atoms with Gasteiger partial charge in [0.25, 0.3) is 0 Å². The van der Waals surface area contributed by atoms with Crippen molar-refractivity contribution in [1.29, 1.82) is 0 Å². The van der Waals surface area contributed by atoms with Gasteiger partial charge in [-0.05, 0) is 57.8 Å². The van der Waals surface area contributed by atoms with Crippen molar-refractivity contribution in [1.82, 2.24) is 4.90 Å². The summed E-state index contributed by atoms with van der Waals surface area (Å²) in [5, 5.41) is 4.19. The van der Waals surface area contributed by atoms with Gasteiger partial charge in [-0.2, -0.15) is 0 Å². The van der Waals surface area contributed by atoms with Crippen LogP contribution in [0.3, 0.4) is 0 Å². The first kappa shape index (κ1) is 22.6. The monoisotopic (exact) mass is 346 g/mol. The van der Waals surface area contributed by atoms with Crippen LogP contribution in [0.2, 0.25) is 0 Å². The Labute approximate surface area is 149 Å². The van der Waals surface area contributed by atoms with Crippen LogP contribution in [-0.2, 0) is 4.74 Å². The molecule has 2 aliphatic rings. The van der Waals surface area contributed by atoms with Crippen molar-refractivity contribution in [3.63, 3.8) is 0 Å². The summed E-state index contributed by atoms with van der Waals surface area (Å²) in [6.07, 6.45) is 7.71. The Morgan fingerprint density at radius 2 is 1.43 bits per heavy atom. The van der Waals surface area contributed by atoms with Gasteiger partial charge in [-0.1, -0.05) is 33.6 Å². The first-order valence-electron chi connectivity index (χ1n) is 8.87. The minimum atomic E-state index is -0.375. The molecule has 1 aliphatic carbocycles. The van der Waals surface area contributed by atoms with Crippen LogP contribution in [0.5, 0.6) is 0 Å². The lowest BCUT2D eigenvalue weighted by atomic mass is 9.77. The van der Waals surface area contributed by atoms with Gasteiger partial charge in [0.05, 0.1) is 0 Å². The van der Waals surface area contributed by atoms with E-state index >= 15 is 0 Å². The Morgan fingerprint density at radius 3 is 1.78 bits per heavy atom. The molecule has 1 amide bonds. The number of likely N-dealkylation sites (tertiary alicyclic amines) is 1. The van der Waals surface area contributed by atoms with Crippen molar-refractivity contribution in [2.75, 3.05) is 13.1 Å². The minimum absolute atomic E-state index is 0.134. The molecule has 0 atom stereocenters. The van der Waals surface area contributed by atoms with E-state index in [1.54, 1.807) is 0 Å². The number of carbonyl (C=O) groups is 1. The summed E-state index contributed by atoms with van der Waals surface area (Å²) in [5.74, 6) is 0.833. The summed E-state index contributed by atoms with van der Waals surface area (Å²) in [6, 6.07) is 0. The van der Waals surface area contributed by atoms with E-state index in [2.05, 4.69) is 38.7 Å². The van der Waals surface area contributed by atoms with E-state index in [9.17, 15) is 4.79 Å². The molecule has 2 rings (SSSR count). The molecule has 0 aromatic heterocycles. The largest absolute Gasteiger partial charge is 0.444 e. The van der Waals surface area contributed by atoms with Crippen LogP contribution in [0.1, 0.15) is 80.1 Å². The molecule has 0 bridgehead atoms. The summed E-state index contributed by atoms with van der Waals surface area (Å²) in [6.45, 7) is 14.0. The molecule has 1 spiro atoms. The normalized spacial score (nSPS) is 19.6. The van der Waals surface area contributed by atoms with Crippen LogP contribution in [0.25, 0.3) is 0 Å². The van der Waals surface area contributed by atoms with Crippen LogP contribution in [-0.4, -0.2) is 29.7 Å². The fourth-order valence-corrected chi connectivity index (χ4v) is 3.12. The molecule has 138 valence electrons. The van der Waals surface area contributed by atoms with Gasteiger partial charge in [0.2, 0.25) is 0 Å². The summed E-state index contributed by atoms with van der Waals surface area (Å²) in [7, 11) is 0. The van der Waals surface area contributed by atoms with Crippen LogP contribution in [0.15, 0.2) is 0 Å². The summed E-state index contributed by atoms with van der Waals surface area (Å²) in [4.78, 5) is 13.8. The maximum Gasteiger partial charge on any atom is 0.410 e. The fraction of sp³-hybridized carbons (Fsp3) is 0.944. The van der Waals surface area contributed by atoms with E-state index < -0.39 is 0 Å². The summed E-state index contributed by atoms with van der Waals surface area (Å²) < 4.78 is 5.42. The Bertz CT molecular complexity index is 322. The quantitative estimate of drug-likeness (QED) is 0.605. The van der Waals surface area contributed by atoms with Crippen LogP contribution >= 0.6 is 12.8 Å². The maximum atomic E-state index is 11.9. The van der Waals surface area contributed by atoms with E-state index in [4.69, 9.17) is 4.74 Å². The first-order chi connectivity index (χ1) is 10.6. The molecule has 1 saturated heterocycles. The molecule has 1 saturated carbocycles. The minimum Gasteiger partial charge on any atom is -0.444 e. The van der Waals surface area contributed by atoms with Gasteiger partial charge < -0.3 is 9.64 Å². The zero-order valence-electron chi connectivity index (χ0n) is 16.0. The standard InChI is InChI=1S/C14H25NO2.C4H10.H3NS/c1-13(2,3)17-12(16)15-10-8-14(9-11-15)6-4-5-7-14;1-4(2)3;1-2/h4-11H2,1-3H3;4H,1-3H3;2H,1H2. The Hall–Kier alpha value is -0.420. The number of carbonyl (C=O) groups excluding carboxylic acids is 1. The first-order valence-corrected chi connectivity index (χ1v) is 9.39. The highest BCUT2D eigenvalue weighted by molar-refractivity contribution is 7.77. The second kappa shape index (κ2) is 10.4. The lowest BCUT2D eigenvalue weighted by Gasteiger charge is -2.39. The molecule has 1 aliphatic heterocycles. The molecular formula is C18H38N2O2S. The average molecular weight is 347 g/mol. The topological polar surface area (TPSA) is 55.6 Å². The number of rotatable bonds is 0. The highest BCUT2D eigenvalue weighted by Gasteiger charge is 2.38. The van der Waals surface area contributed by atoms with Gasteiger partial charge in [0, 0.05) is 13.1 Å². The van der Waals surface area contributed by atoms with E-state index in [1.165, 1.54) is 38.5 Å². The van der Waals surface area contributed by atoms with Crippen molar-refractivity contribution < 1.29 is 9.53 Å². The molecule has 4 nitrogen and oxygen atoms in total. The SMILES string of the molecule is CC(C)(C)OC(=O)N1CCC2(CCCC2)CC1.CC(C)C.NS. The molecule has 2 fully saturated rings. The predicted octanol–water partition coefficient (Wildman–Crippen LogP) is 5.03. The molecule has 2 N–H and O–H groups in total. The fourth-order valence-electron chi connectivity index (χ4n) is 3.12. The number of hydrogen-bond donors (Lipinski definition) is 2. The number of ether oxygens (including phenoxy) is 1.